The van der Waals surface area contributed by atoms with Crippen molar-refractivity contribution in [2.45, 2.75) is 12.8 Å². The predicted molar refractivity (Wildman–Crippen MR) is 117 cm³/mol. The molecule has 2 aromatic rings. The Balaban J connectivity index is 1.19. The fraction of sp³-hybridized carbons (Fsp3) is 0.348. The highest BCUT2D eigenvalue weighted by Gasteiger charge is 2.41. The lowest BCUT2D eigenvalue weighted by molar-refractivity contribution is -0.125. The maximum absolute atomic E-state index is 12.7. The molecule has 1 N–H and O–H groups in total. The highest BCUT2D eigenvalue weighted by Crippen LogP contribution is 2.34. The van der Waals surface area contributed by atoms with Crippen molar-refractivity contribution < 1.29 is 9.59 Å². The summed E-state index contributed by atoms with van der Waals surface area (Å²) in [6.45, 7) is 3.50. The van der Waals surface area contributed by atoms with E-state index in [-0.39, 0.29) is 11.8 Å². The first kappa shape index (κ1) is 19.1. The molecular weight excluding hydrogens is 400 g/mol. The molecule has 2 saturated heterocycles. The van der Waals surface area contributed by atoms with Crippen LogP contribution in [0.5, 0.6) is 0 Å². The van der Waals surface area contributed by atoms with Gasteiger partial charge in [-0.2, -0.15) is 0 Å². The van der Waals surface area contributed by atoms with Crippen LogP contribution in [0.25, 0.3) is 6.08 Å². The Hall–Kier alpha value is -2.86. The second-order valence-electron chi connectivity index (χ2n) is 8.31. The average Bonchev–Trinajstić information content (AvgIpc) is 3.31. The Labute approximate surface area is 180 Å². The van der Waals surface area contributed by atoms with Crippen LogP contribution in [0.1, 0.15) is 17.5 Å². The van der Waals surface area contributed by atoms with E-state index >= 15 is 0 Å². The first-order chi connectivity index (χ1) is 14.5. The van der Waals surface area contributed by atoms with Gasteiger partial charge in [0.05, 0.1) is 0 Å². The van der Waals surface area contributed by atoms with Gasteiger partial charge >= 0.3 is 0 Å². The van der Waals surface area contributed by atoms with Crippen molar-refractivity contribution in [2.24, 2.45) is 11.8 Å². The van der Waals surface area contributed by atoms with Crippen LogP contribution >= 0.6 is 11.6 Å². The molecule has 7 heteroatoms. The fourth-order valence-corrected chi connectivity index (χ4v) is 4.88. The maximum atomic E-state index is 12.7. The number of fused-ring (bicyclic) bond motifs is 2. The number of halogens is 1. The van der Waals surface area contributed by atoms with Gasteiger partial charge < -0.3 is 15.1 Å². The molecule has 154 valence electrons. The second-order valence-corrected chi connectivity index (χ2v) is 8.74. The minimum absolute atomic E-state index is 0.00183. The van der Waals surface area contributed by atoms with Crippen molar-refractivity contribution in [3.05, 3.63) is 58.8 Å². The third-order valence-corrected chi connectivity index (χ3v) is 6.49. The zero-order valence-corrected chi connectivity index (χ0v) is 17.3. The van der Waals surface area contributed by atoms with Crippen molar-refractivity contribution in [1.82, 2.24) is 9.88 Å². The molecule has 0 radical (unpaired) electrons. The van der Waals surface area contributed by atoms with Gasteiger partial charge in [0.2, 0.25) is 11.8 Å². The standard InChI is InChI=1S/C23H23ClN4O2/c24-19-2-1-3-20(9-19)27-11-17-13-28(14-18(17)12-27)22(30)7-4-15-8-16-5-6-21(29)26-23(16)25-10-15/h1-4,7-10,17-18H,5-6,11-14H2,(H,25,26,29)/b7-4+/t17-,18+. The number of amides is 2. The van der Waals surface area contributed by atoms with Crippen LogP contribution in [0, 0.1) is 11.8 Å². The lowest BCUT2D eigenvalue weighted by Gasteiger charge is -2.22. The SMILES string of the molecule is O=C1CCc2cc(/C=C/C(=O)N3C[C@@H]4CN(c5cccc(Cl)c5)C[C@@H]4C3)cnc2N1. The minimum atomic E-state index is 0.00183. The molecule has 5 rings (SSSR count). The Morgan fingerprint density at radius 2 is 1.93 bits per heavy atom. The summed E-state index contributed by atoms with van der Waals surface area (Å²) < 4.78 is 0. The van der Waals surface area contributed by atoms with Crippen molar-refractivity contribution in [2.75, 3.05) is 36.4 Å². The molecule has 1 aromatic heterocycles. The van der Waals surface area contributed by atoms with E-state index in [1.165, 1.54) is 0 Å². The molecule has 3 aliphatic heterocycles. The number of nitrogens with one attached hydrogen (secondary N) is 1. The van der Waals surface area contributed by atoms with E-state index in [1.807, 2.05) is 35.2 Å². The molecule has 6 nitrogen and oxygen atoms in total. The van der Waals surface area contributed by atoms with E-state index in [9.17, 15) is 9.59 Å². The Morgan fingerprint density at radius 1 is 1.13 bits per heavy atom. The van der Waals surface area contributed by atoms with Gasteiger partial charge in [0, 0.05) is 67.4 Å². The lowest BCUT2D eigenvalue weighted by atomic mass is 10.0. The molecule has 30 heavy (non-hydrogen) atoms. The van der Waals surface area contributed by atoms with Crippen LogP contribution in [-0.4, -0.2) is 47.9 Å². The number of hydrogen-bond acceptors (Lipinski definition) is 4. The Bertz CT molecular complexity index is 1020. The van der Waals surface area contributed by atoms with E-state index in [0.29, 0.717) is 30.5 Å². The molecule has 2 amide bonds. The number of benzene rings is 1. The van der Waals surface area contributed by atoms with E-state index in [0.717, 1.165) is 48.0 Å². The highest BCUT2D eigenvalue weighted by molar-refractivity contribution is 6.30. The molecule has 3 aliphatic rings. The molecule has 0 unspecified atom stereocenters. The molecular formula is C23H23ClN4O2. The van der Waals surface area contributed by atoms with Crippen LogP contribution in [0.4, 0.5) is 11.5 Å². The van der Waals surface area contributed by atoms with Gasteiger partial charge in [0.25, 0.3) is 0 Å². The summed E-state index contributed by atoms with van der Waals surface area (Å²) in [5.74, 6) is 1.67. The normalized spacial score (nSPS) is 22.9. The van der Waals surface area contributed by atoms with Crippen molar-refractivity contribution >= 4 is 41.0 Å². The number of likely N-dealkylation sites (tertiary alicyclic amines) is 1. The van der Waals surface area contributed by atoms with Gasteiger partial charge in [-0.25, -0.2) is 4.98 Å². The van der Waals surface area contributed by atoms with Crippen molar-refractivity contribution in [3.63, 3.8) is 0 Å². The molecule has 0 spiro atoms. The van der Waals surface area contributed by atoms with Gasteiger partial charge in [-0.05, 0) is 47.9 Å². The number of aromatic nitrogens is 1. The van der Waals surface area contributed by atoms with Crippen LogP contribution in [0.2, 0.25) is 5.02 Å². The summed E-state index contributed by atoms with van der Waals surface area (Å²) >= 11 is 6.13. The summed E-state index contributed by atoms with van der Waals surface area (Å²) in [6.07, 6.45) is 6.31. The summed E-state index contributed by atoms with van der Waals surface area (Å²) in [7, 11) is 0. The van der Waals surface area contributed by atoms with Gasteiger partial charge in [-0.1, -0.05) is 17.7 Å². The number of nitrogens with zero attached hydrogens (tertiary/aromatic N) is 3. The van der Waals surface area contributed by atoms with Gasteiger partial charge in [0.1, 0.15) is 5.82 Å². The zero-order valence-electron chi connectivity index (χ0n) is 16.6. The molecule has 0 saturated carbocycles. The number of pyridine rings is 1. The summed E-state index contributed by atoms with van der Waals surface area (Å²) in [6, 6.07) is 9.97. The fourth-order valence-electron chi connectivity index (χ4n) is 4.70. The van der Waals surface area contributed by atoms with Crippen molar-refractivity contribution in [1.29, 1.82) is 0 Å². The van der Waals surface area contributed by atoms with E-state index in [1.54, 1.807) is 12.3 Å². The number of rotatable bonds is 3. The summed E-state index contributed by atoms with van der Waals surface area (Å²) in [5.41, 5.74) is 3.05. The van der Waals surface area contributed by atoms with Crippen LogP contribution in [0.3, 0.4) is 0 Å². The Morgan fingerprint density at radius 3 is 2.70 bits per heavy atom. The number of carbonyl (C=O) groups is 2. The van der Waals surface area contributed by atoms with Crippen LogP contribution < -0.4 is 10.2 Å². The monoisotopic (exact) mass is 422 g/mol. The largest absolute Gasteiger partial charge is 0.371 e. The number of aryl methyl sites for hydroxylation is 1. The van der Waals surface area contributed by atoms with Crippen molar-refractivity contribution in [3.8, 4) is 0 Å². The van der Waals surface area contributed by atoms with Gasteiger partial charge in [0.15, 0.2) is 0 Å². The third kappa shape index (κ3) is 3.79. The predicted octanol–water partition coefficient (Wildman–Crippen LogP) is 3.23. The second kappa shape index (κ2) is 7.76. The third-order valence-electron chi connectivity index (χ3n) is 6.26. The summed E-state index contributed by atoms with van der Waals surface area (Å²) in [4.78, 5) is 32.8. The summed E-state index contributed by atoms with van der Waals surface area (Å²) in [5, 5.41) is 3.53. The molecule has 2 atom stereocenters. The van der Waals surface area contributed by atoms with Crippen LogP contribution in [0.15, 0.2) is 42.6 Å². The smallest absolute Gasteiger partial charge is 0.246 e. The number of anilines is 2. The molecule has 4 heterocycles. The zero-order chi connectivity index (χ0) is 20.7. The van der Waals surface area contributed by atoms with E-state index in [2.05, 4.69) is 21.3 Å². The molecule has 1 aromatic carbocycles. The minimum Gasteiger partial charge on any atom is -0.371 e. The average molecular weight is 423 g/mol. The van der Waals surface area contributed by atoms with Crippen LogP contribution in [-0.2, 0) is 16.0 Å². The topological polar surface area (TPSA) is 65.5 Å². The quantitative estimate of drug-likeness (QED) is 0.771. The highest BCUT2D eigenvalue weighted by atomic mass is 35.5. The number of hydrogen-bond donors (Lipinski definition) is 1. The first-order valence-electron chi connectivity index (χ1n) is 10.3. The lowest BCUT2D eigenvalue weighted by Crippen LogP contribution is -2.32. The van der Waals surface area contributed by atoms with Gasteiger partial charge in [-0.3, -0.25) is 9.59 Å². The molecule has 2 fully saturated rings. The maximum Gasteiger partial charge on any atom is 0.246 e. The van der Waals surface area contributed by atoms with E-state index in [4.69, 9.17) is 11.6 Å². The molecule has 0 bridgehead atoms. The van der Waals surface area contributed by atoms with Gasteiger partial charge in [-0.15, -0.1) is 0 Å². The number of carbonyl (C=O) groups excluding carboxylic acids is 2. The van der Waals surface area contributed by atoms with E-state index < -0.39 is 0 Å². The first-order valence-corrected chi connectivity index (χ1v) is 10.7. The molecule has 0 aliphatic carbocycles. The Kier molecular flexibility index (Phi) is 4.95.